The van der Waals surface area contributed by atoms with Gasteiger partial charge in [0.25, 0.3) is 0 Å². The first-order valence-electron chi connectivity index (χ1n) is 14.5. The Morgan fingerprint density at radius 1 is 0.605 bits per heavy atom. The number of nitriles is 2. The highest BCUT2D eigenvalue weighted by Crippen LogP contribution is 2.41. The van der Waals surface area contributed by atoms with Gasteiger partial charge in [-0.05, 0) is 65.7 Å². The SMILES string of the molecule is CC1C(n2c3ccccc3c3cc(C#N)ccc32)=CC(c2cccc(-n3c4ccccc4c4ccccc43)c2)=CC1C#N. The normalized spacial score (nSPS) is 16.7. The van der Waals surface area contributed by atoms with E-state index in [4.69, 9.17) is 0 Å². The monoisotopic (exact) mass is 550 g/mol. The van der Waals surface area contributed by atoms with Crippen molar-refractivity contribution in [1.82, 2.24) is 9.13 Å². The second kappa shape index (κ2) is 9.62. The maximum Gasteiger partial charge on any atom is 0.0991 e. The van der Waals surface area contributed by atoms with Gasteiger partial charge in [0.05, 0.1) is 45.7 Å². The molecule has 2 unspecified atom stereocenters. The number of hydrogen-bond acceptors (Lipinski definition) is 2. The van der Waals surface area contributed by atoms with Crippen LogP contribution in [0, 0.1) is 34.5 Å². The molecule has 0 spiro atoms. The lowest BCUT2D eigenvalue weighted by Crippen LogP contribution is -2.18. The number of benzene rings is 5. The Labute approximate surface area is 249 Å². The molecule has 4 nitrogen and oxygen atoms in total. The molecule has 0 N–H and O–H groups in total. The number of rotatable bonds is 3. The van der Waals surface area contributed by atoms with Crippen LogP contribution >= 0.6 is 0 Å². The Morgan fingerprint density at radius 2 is 1.21 bits per heavy atom. The molecule has 2 aromatic heterocycles. The van der Waals surface area contributed by atoms with E-state index in [1.54, 1.807) is 0 Å². The van der Waals surface area contributed by atoms with E-state index >= 15 is 0 Å². The molecule has 0 fully saturated rings. The predicted molar refractivity (Wildman–Crippen MR) is 175 cm³/mol. The number of aromatic nitrogens is 2. The van der Waals surface area contributed by atoms with E-state index in [2.05, 4.69) is 125 Å². The van der Waals surface area contributed by atoms with Gasteiger partial charge in [0.2, 0.25) is 0 Å². The summed E-state index contributed by atoms with van der Waals surface area (Å²) in [4.78, 5) is 0. The van der Waals surface area contributed by atoms with E-state index in [1.165, 1.54) is 21.8 Å². The summed E-state index contributed by atoms with van der Waals surface area (Å²) in [6.07, 6.45) is 4.36. The van der Waals surface area contributed by atoms with E-state index in [1.807, 2.05) is 30.3 Å². The molecule has 1 aliphatic carbocycles. The van der Waals surface area contributed by atoms with Crippen LogP contribution in [0.25, 0.3) is 60.6 Å². The van der Waals surface area contributed by atoms with Crippen LogP contribution in [0.5, 0.6) is 0 Å². The molecule has 2 heterocycles. The lowest BCUT2D eigenvalue weighted by molar-refractivity contribution is 0.616. The molecule has 0 saturated heterocycles. The van der Waals surface area contributed by atoms with E-state index < -0.39 is 0 Å². The number of para-hydroxylation sites is 3. The Bertz CT molecular complexity index is 2350. The van der Waals surface area contributed by atoms with Crippen LogP contribution in [0.2, 0.25) is 0 Å². The zero-order valence-electron chi connectivity index (χ0n) is 23.6. The van der Waals surface area contributed by atoms with Crippen LogP contribution in [0.3, 0.4) is 0 Å². The van der Waals surface area contributed by atoms with Crippen molar-refractivity contribution in [2.45, 2.75) is 6.92 Å². The van der Waals surface area contributed by atoms with Crippen molar-refractivity contribution >= 4 is 54.9 Å². The van der Waals surface area contributed by atoms with E-state index in [0.29, 0.717) is 5.56 Å². The van der Waals surface area contributed by atoms with Crippen LogP contribution in [-0.4, -0.2) is 9.13 Å². The number of hydrogen-bond donors (Lipinski definition) is 0. The average molecular weight is 551 g/mol. The third-order valence-electron chi connectivity index (χ3n) is 8.89. The Balaban J connectivity index is 1.33. The van der Waals surface area contributed by atoms with Crippen molar-refractivity contribution in [1.29, 1.82) is 10.5 Å². The molecule has 0 bridgehead atoms. The fourth-order valence-corrected chi connectivity index (χ4v) is 6.80. The molecular weight excluding hydrogens is 524 g/mol. The van der Waals surface area contributed by atoms with Crippen LogP contribution in [0.15, 0.2) is 127 Å². The number of fused-ring (bicyclic) bond motifs is 6. The van der Waals surface area contributed by atoms with Gasteiger partial charge in [-0.3, -0.25) is 0 Å². The minimum Gasteiger partial charge on any atom is -0.313 e. The fourth-order valence-electron chi connectivity index (χ4n) is 6.80. The standard InChI is InChI=1S/C39H26N4/c1-25-29(24-41)20-28(22-39(25)43-37-16-7-4-13-33(37)34-19-26(23-40)17-18-38(34)43)27-9-8-10-30(21-27)42-35-14-5-2-11-31(35)32-12-3-6-15-36(32)42/h2-22,25,29H,1H3. The van der Waals surface area contributed by atoms with Gasteiger partial charge < -0.3 is 9.13 Å². The minimum atomic E-state index is -0.290. The van der Waals surface area contributed by atoms with Gasteiger partial charge in [-0.15, -0.1) is 0 Å². The van der Waals surface area contributed by atoms with E-state index in [-0.39, 0.29) is 11.8 Å². The molecule has 1 aliphatic rings. The molecule has 0 amide bonds. The molecule has 4 heteroatoms. The van der Waals surface area contributed by atoms with Gasteiger partial charge in [-0.2, -0.15) is 10.5 Å². The largest absolute Gasteiger partial charge is 0.313 e. The molecule has 2 atom stereocenters. The highest BCUT2D eigenvalue weighted by atomic mass is 15.0. The molecule has 43 heavy (non-hydrogen) atoms. The zero-order chi connectivity index (χ0) is 29.1. The van der Waals surface area contributed by atoms with Crippen molar-refractivity contribution < 1.29 is 0 Å². The molecule has 0 radical (unpaired) electrons. The fraction of sp³-hybridized carbons (Fsp3) is 0.0769. The lowest BCUT2D eigenvalue weighted by Gasteiger charge is -2.27. The Kier molecular flexibility index (Phi) is 5.58. The first kappa shape index (κ1) is 24.9. The number of nitrogens with zero attached hydrogens (tertiary/aromatic N) is 4. The topological polar surface area (TPSA) is 57.4 Å². The van der Waals surface area contributed by atoms with Crippen LogP contribution < -0.4 is 0 Å². The van der Waals surface area contributed by atoms with Gasteiger partial charge in [0, 0.05) is 38.8 Å². The van der Waals surface area contributed by atoms with Crippen LogP contribution in [0.4, 0.5) is 0 Å². The quantitative estimate of drug-likeness (QED) is 0.220. The summed E-state index contributed by atoms with van der Waals surface area (Å²) in [5, 5.41) is 24.5. The lowest BCUT2D eigenvalue weighted by atomic mass is 9.83. The van der Waals surface area contributed by atoms with Crippen molar-refractivity contribution in [2.75, 3.05) is 0 Å². The van der Waals surface area contributed by atoms with Gasteiger partial charge in [0.15, 0.2) is 0 Å². The van der Waals surface area contributed by atoms with Crippen LogP contribution in [-0.2, 0) is 0 Å². The Hall–Kier alpha value is -5.84. The van der Waals surface area contributed by atoms with Gasteiger partial charge in [0.1, 0.15) is 0 Å². The third-order valence-corrected chi connectivity index (χ3v) is 8.89. The van der Waals surface area contributed by atoms with E-state index in [9.17, 15) is 10.5 Å². The van der Waals surface area contributed by atoms with Gasteiger partial charge in [-0.1, -0.05) is 79.7 Å². The van der Waals surface area contributed by atoms with Crippen molar-refractivity contribution in [2.24, 2.45) is 11.8 Å². The first-order valence-corrected chi connectivity index (χ1v) is 14.5. The summed E-state index contributed by atoms with van der Waals surface area (Å²) in [6, 6.07) is 44.7. The zero-order valence-corrected chi connectivity index (χ0v) is 23.6. The number of allylic oxidation sites excluding steroid dienone is 4. The summed E-state index contributed by atoms with van der Waals surface area (Å²) in [6.45, 7) is 2.13. The smallest absolute Gasteiger partial charge is 0.0991 e. The van der Waals surface area contributed by atoms with Crippen molar-refractivity contribution in [3.63, 3.8) is 0 Å². The maximum absolute atomic E-state index is 10.3. The summed E-state index contributed by atoms with van der Waals surface area (Å²) in [5.41, 5.74) is 9.33. The summed E-state index contributed by atoms with van der Waals surface area (Å²) < 4.78 is 4.61. The molecule has 8 rings (SSSR count). The van der Waals surface area contributed by atoms with Crippen LogP contribution in [0.1, 0.15) is 18.1 Å². The predicted octanol–water partition coefficient (Wildman–Crippen LogP) is 9.48. The molecular formula is C39H26N4. The summed E-state index contributed by atoms with van der Waals surface area (Å²) in [5.74, 6) is -0.314. The molecule has 5 aromatic carbocycles. The highest BCUT2D eigenvalue weighted by molar-refractivity contribution is 6.11. The second-order valence-electron chi connectivity index (χ2n) is 11.3. The first-order chi connectivity index (χ1) is 21.2. The molecule has 0 saturated carbocycles. The molecule has 7 aromatic rings. The van der Waals surface area contributed by atoms with Gasteiger partial charge >= 0.3 is 0 Å². The summed E-state index contributed by atoms with van der Waals surface area (Å²) >= 11 is 0. The minimum absolute atomic E-state index is 0.0241. The van der Waals surface area contributed by atoms with Crippen molar-refractivity contribution in [3.8, 4) is 17.8 Å². The summed E-state index contributed by atoms with van der Waals surface area (Å²) in [7, 11) is 0. The van der Waals surface area contributed by atoms with Crippen molar-refractivity contribution in [3.05, 3.63) is 139 Å². The second-order valence-corrected chi connectivity index (χ2v) is 11.3. The average Bonchev–Trinajstić information content (AvgIpc) is 3.57. The highest BCUT2D eigenvalue weighted by Gasteiger charge is 2.28. The maximum atomic E-state index is 10.3. The molecule has 202 valence electrons. The van der Waals surface area contributed by atoms with E-state index in [0.717, 1.165) is 44.3 Å². The molecule has 0 aliphatic heterocycles. The Morgan fingerprint density at radius 3 is 1.86 bits per heavy atom. The third kappa shape index (κ3) is 3.74. The van der Waals surface area contributed by atoms with Gasteiger partial charge in [-0.25, -0.2) is 0 Å².